The van der Waals surface area contributed by atoms with Crippen molar-refractivity contribution in [2.24, 2.45) is 0 Å². The normalized spacial score (nSPS) is 9.75. The Morgan fingerprint density at radius 3 is 2.25 bits per heavy atom. The molecular weight excluding hydrogens is 248 g/mol. The Labute approximate surface area is 118 Å². The Bertz CT molecular complexity index is 703. The zero-order valence-electron chi connectivity index (χ0n) is 11.2. The number of phenols is 1. The minimum absolute atomic E-state index is 0.0980. The van der Waals surface area contributed by atoms with Crippen LogP contribution in [0.1, 0.15) is 30.0 Å². The highest BCUT2D eigenvalue weighted by Crippen LogP contribution is 2.32. The van der Waals surface area contributed by atoms with E-state index in [1.54, 1.807) is 0 Å². The third kappa shape index (κ3) is 2.48. The molecule has 0 radical (unpaired) electrons. The van der Waals surface area contributed by atoms with Crippen molar-refractivity contribution in [3.8, 4) is 29.0 Å². The second-order valence-corrected chi connectivity index (χ2v) is 4.55. The topological polar surface area (TPSA) is 67.8 Å². The van der Waals surface area contributed by atoms with Crippen LogP contribution in [0.4, 0.5) is 0 Å². The first kappa shape index (κ1) is 13.6. The summed E-state index contributed by atoms with van der Waals surface area (Å²) in [5, 5.41) is 28.2. The van der Waals surface area contributed by atoms with E-state index in [1.165, 1.54) is 17.7 Å². The zero-order valence-corrected chi connectivity index (χ0v) is 11.2. The lowest BCUT2D eigenvalue weighted by Crippen LogP contribution is -1.91. The lowest BCUT2D eigenvalue weighted by atomic mass is 9.93. The molecule has 0 aliphatic heterocycles. The fourth-order valence-electron chi connectivity index (χ4n) is 2.22. The van der Waals surface area contributed by atoms with E-state index in [2.05, 4.69) is 13.0 Å². The minimum Gasteiger partial charge on any atom is -0.507 e. The standard InChI is InChI=1S/C17H14N2O/c1-2-3-12-4-6-13(7-5-12)17-14(10-18)8-9-16(20)15(17)11-19/h4-9,20H,2-3H2,1H3. The number of hydrogen-bond donors (Lipinski definition) is 1. The molecule has 0 aromatic heterocycles. The number of aromatic hydroxyl groups is 1. The molecule has 20 heavy (non-hydrogen) atoms. The van der Waals surface area contributed by atoms with Crippen LogP contribution in [0.2, 0.25) is 0 Å². The van der Waals surface area contributed by atoms with E-state index in [0.29, 0.717) is 11.1 Å². The summed E-state index contributed by atoms with van der Waals surface area (Å²) < 4.78 is 0. The monoisotopic (exact) mass is 262 g/mol. The summed E-state index contributed by atoms with van der Waals surface area (Å²) in [5.41, 5.74) is 3.02. The summed E-state index contributed by atoms with van der Waals surface area (Å²) >= 11 is 0. The number of hydrogen-bond acceptors (Lipinski definition) is 3. The molecule has 0 aliphatic carbocycles. The predicted molar refractivity (Wildman–Crippen MR) is 77.0 cm³/mol. The molecule has 3 nitrogen and oxygen atoms in total. The second kappa shape index (κ2) is 5.91. The maximum Gasteiger partial charge on any atom is 0.134 e. The van der Waals surface area contributed by atoms with Gasteiger partial charge < -0.3 is 5.11 Å². The van der Waals surface area contributed by atoms with E-state index in [-0.39, 0.29) is 11.3 Å². The van der Waals surface area contributed by atoms with Crippen LogP contribution in [0.15, 0.2) is 36.4 Å². The number of nitriles is 2. The van der Waals surface area contributed by atoms with Gasteiger partial charge in [-0.05, 0) is 29.7 Å². The summed E-state index contributed by atoms with van der Waals surface area (Å²) in [6.07, 6.45) is 2.06. The van der Waals surface area contributed by atoms with Gasteiger partial charge in [0.25, 0.3) is 0 Å². The minimum atomic E-state index is -0.0980. The number of aryl methyl sites for hydroxylation is 1. The van der Waals surface area contributed by atoms with Gasteiger partial charge in [-0.15, -0.1) is 0 Å². The summed E-state index contributed by atoms with van der Waals surface area (Å²) in [5.74, 6) is -0.0980. The summed E-state index contributed by atoms with van der Waals surface area (Å²) in [6, 6.07) is 14.7. The molecule has 3 heteroatoms. The van der Waals surface area contributed by atoms with Crippen LogP contribution in [0.25, 0.3) is 11.1 Å². The van der Waals surface area contributed by atoms with Crippen molar-refractivity contribution < 1.29 is 5.11 Å². The highest BCUT2D eigenvalue weighted by Gasteiger charge is 2.14. The first-order valence-electron chi connectivity index (χ1n) is 6.46. The summed E-state index contributed by atoms with van der Waals surface area (Å²) in [7, 11) is 0. The van der Waals surface area contributed by atoms with E-state index >= 15 is 0 Å². The first-order chi connectivity index (χ1) is 9.71. The second-order valence-electron chi connectivity index (χ2n) is 4.55. The van der Waals surface area contributed by atoms with Crippen molar-refractivity contribution in [1.29, 1.82) is 10.5 Å². The molecule has 2 aromatic carbocycles. The van der Waals surface area contributed by atoms with Gasteiger partial charge in [-0.1, -0.05) is 37.6 Å². The Kier molecular flexibility index (Phi) is 4.03. The van der Waals surface area contributed by atoms with Gasteiger partial charge in [0.05, 0.1) is 11.6 Å². The molecule has 2 aromatic rings. The molecule has 0 saturated heterocycles. The molecule has 0 aliphatic rings. The molecular formula is C17H14N2O. The highest BCUT2D eigenvalue weighted by atomic mass is 16.3. The number of nitrogens with zero attached hydrogens (tertiary/aromatic N) is 2. The lowest BCUT2D eigenvalue weighted by molar-refractivity contribution is 0.474. The van der Waals surface area contributed by atoms with Crippen molar-refractivity contribution in [2.75, 3.05) is 0 Å². The van der Waals surface area contributed by atoms with E-state index < -0.39 is 0 Å². The zero-order chi connectivity index (χ0) is 14.5. The van der Waals surface area contributed by atoms with Crippen molar-refractivity contribution in [2.45, 2.75) is 19.8 Å². The largest absolute Gasteiger partial charge is 0.507 e. The molecule has 0 saturated carbocycles. The van der Waals surface area contributed by atoms with E-state index in [4.69, 9.17) is 0 Å². The molecule has 0 spiro atoms. The molecule has 0 amide bonds. The Morgan fingerprint density at radius 1 is 1.00 bits per heavy atom. The maximum absolute atomic E-state index is 9.78. The number of phenolic OH excluding ortho intramolecular Hbond substituents is 1. The Hall–Kier alpha value is -2.78. The van der Waals surface area contributed by atoms with Gasteiger partial charge in [0.15, 0.2) is 0 Å². The molecule has 0 heterocycles. The van der Waals surface area contributed by atoms with Gasteiger partial charge >= 0.3 is 0 Å². The highest BCUT2D eigenvalue weighted by molar-refractivity contribution is 5.79. The van der Waals surface area contributed by atoms with E-state index in [9.17, 15) is 15.6 Å². The number of benzene rings is 2. The smallest absolute Gasteiger partial charge is 0.134 e. The lowest BCUT2D eigenvalue weighted by Gasteiger charge is -2.09. The quantitative estimate of drug-likeness (QED) is 0.915. The predicted octanol–water partition coefficient (Wildman–Crippen LogP) is 3.76. The van der Waals surface area contributed by atoms with Gasteiger partial charge in [0.2, 0.25) is 0 Å². The summed E-state index contributed by atoms with van der Waals surface area (Å²) in [6.45, 7) is 2.12. The van der Waals surface area contributed by atoms with Gasteiger partial charge in [-0.25, -0.2) is 0 Å². The van der Waals surface area contributed by atoms with E-state index in [0.717, 1.165) is 18.4 Å². The van der Waals surface area contributed by atoms with Crippen molar-refractivity contribution >= 4 is 0 Å². The molecule has 0 fully saturated rings. The van der Waals surface area contributed by atoms with Crippen LogP contribution in [0.5, 0.6) is 5.75 Å². The fraction of sp³-hybridized carbons (Fsp3) is 0.176. The van der Waals surface area contributed by atoms with Gasteiger partial charge in [0, 0.05) is 5.56 Å². The van der Waals surface area contributed by atoms with Gasteiger partial charge in [-0.3, -0.25) is 0 Å². The van der Waals surface area contributed by atoms with E-state index in [1.807, 2.05) is 30.3 Å². The van der Waals surface area contributed by atoms with Gasteiger partial charge in [-0.2, -0.15) is 10.5 Å². The molecule has 0 atom stereocenters. The SMILES string of the molecule is CCCc1ccc(-c2c(C#N)ccc(O)c2C#N)cc1. The van der Waals surface area contributed by atoms with Crippen molar-refractivity contribution in [1.82, 2.24) is 0 Å². The van der Waals surface area contributed by atoms with Crippen LogP contribution in [0.3, 0.4) is 0 Å². The molecule has 0 unspecified atom stereocenters. The first-order valence-corrected chi connectivity index (χ1v) is 6.46. The third-order valence-corrected chi connectivity index (χ3v) is 3.20. The molecule has 2 rings (SSSR count). The van der Waals surface area contributed by atoms with Crippen molar-refractivity contribution in [3.63, 3.8) is 0 Å². The maximum atomic E-state index is 9.78. The van der Waals surface area contributed by atoms with Crippen LogP contribution < -0.4 is 0 Å². The Balaban J connectivity index is 2.60. The molecule has 98 valence electrons. The molecule has 0 bridgehead atoms. The fourth-order valence-corrected chi connectivity index (χ4v) is 2.22. The van der Waals surface area contributed by atoms with Crippen LogP contribution in [0, 0.1) is 22.7 Å². The van der Waals surface area contributed by atoms with Crippen molar-refractivity contribution in [3.05, 3.63) is 53.1 Å². The van der Waals surface area contributed by atoms with Crippen LogP contribution in [-0.4, -0.2) is 5.11 Å². The van der Waals surface area contributed by atoms with Gasteiger partial charge in [0.1, 0.15) is 17.4 Å². The average molecular weight is 262 g/mol. The summed E-state index contributed by atoms with van der Waals surface area (Å²) in [4.78, 5) is 0. The van der Waals surface area contributed by atoms with Crippen LogP contribution in [-0.2, 0) is 6.42 Å². The number of rotatable bonds is 3. The Morgan fingerprint density at radius 2 is 1.70 bits per heavy atom. The van der Waals surface area contributed by atoms with Crippen LogP contribution >= 0.6 is 0 Å². The third-order valence-electron chi connectivity index (χ3n) is 3.20. The average Bonchev–Trinajstić information content (AvgIpc) is 2.48. The molecule has 1 N–H and O–H groups in total.